The summed E-state index contributed by atoms with van der Waals surface area (Å²) in [6.45, 7) is 0. The normalized spacial score (nSPS) is 12.0. The van der Waals surface area contributed by atoms with Gasteiger partial charge in [-0.1, -0.05) is 115 Å². The first-order valence-electron chi connectivity index (χ1n) is 13.7. The van der Waals surface area contributed by atoms with Gasteiger partial charge in [0.05, 0.1) is 11.0 Å². The summed E-state index contributed by atoms with van der Waals surface area (Å²) in [7, 11) is 0. The summed E-state index contributed by atoms with van der Waals surface area (Å²) in [6.07, 6.45) is 0. The Morgan fingerprint density at radius 3 is 2.08 bits per heavy atom. The number of para-hydroxylation sites is 1. The van der Waals surface area contributed by atoms with Crippen molar-refractivity contribution in [2.45, 2.75) is 0 Å². The van der Waals surface area contributed by atoms with E-state index in [-0.39, 0.29) is 0 Å². The van der Waals surface area contributed by atoms with Crippen LogP contribution in [0.25, 0.3) is 80.3 Å². The van der Waals surface area contributed by atoms with E-state index in [1.54, 1.807) is 0 Å². The maximum atomic E-state index is 2.50. The number of hydrogen-bond acceptors (Lipinski definition) is 1. The molecule has 40 heavy (non-hydrogen) atoms. The van der Waals surface area contributed by atoms with Gasteiger partial charge in [-0.2, -0.15) is 0 Å². The zero-order valence-corrected chi connectivity index (χ0v) is 22.5. The van der Waals surface area contributed by atoms with Gasteiger partial charge in [-0.05, 0) is 46.2 Å². The van der Waals surface area contributed by atoms with E-state index in [1.807, 2.05) is 11.3 Å². The van der Waals surface area contributed by atoms with E-state index in [0.29, 0.717) is 0 Å². The van der Waals surface area contributed by atoms with Crippen LogP contribution in [-0.4, -0.2) is 4.57 Å². The second-order valence-corrected chi connectivity index (χ2v) is 11.6. The fourth-order valence-electron chi connectivity index (χ4n) is 6.66. The van der Waals surface area contributed by atoms with E-state index in [2.05, 4.69) is 144 Å². The minimum Gasteiger partial charge on any atom is -0.309 e. The van der Waals surface area contributed by atoms with Crippen LogP contribution in [-0.2, 0) is 0 Å². The fourth-order valence-corrected chi connectivity index (χ4v) is 7.93. The van der Waals surface area contributed by atoms with Crippen LogP contribution < -0.4 is 0 Å². The molecule has 2 heterocycles. The van der Waals surface area contributed by atoms with Gasteiger partial charge in [0.1, 0.15) is 0 Å². The van der Waals surface area contributed by atoms with Crippen LogP contribution in [0.2, 0.25) is 0 Å². The highest BCUT2D eigenvalue weighted by Gasteiger charge is 2.22. The molecule has 2 aromatic heterocycles. The van der Waals surface area contributed by atoms with Gasteiger partial charge in [-0.25, -0.2) is 0 Å². The van der Waals surface area contributed by atoms with Crippen LogP contribution in [0.15, 0.2) is 140 Å². The van der Waals surface area contributed by atoms with Gasteiger partial charge in [0.25, 0.3) is 0 Å². The number of hydrogen-bond donors (Lipinski definition) is 0. The standard InChI is InChI=1S/C38H23NS/c1-2-11-24(12-3-1)26-14-10-15-27(23-26)39-32-19-8-6-17-29(32)36-37(39)31-22-21-25-13-4-5-16-28(25)34(31)35-30-18-7-9-20-33(30)40-38(35)36/h1-23H. The molecule has 0 spiro atoms. The van der Waals surface area contributed by atoms with Gasteiger partial charge in [-0.15, -0.1) is 11.3 Å². The van der Waals surface area contributed by atoms with E-state index in [9.17, 15) is 0 Å². The van der Waals surface area contributed by atoms with Crippen LogP contribution in [0.4, 0.5) is 0 Å². The topological polar surface area (TPSA) is 4.93 Å². The lowest BCUT2D eigenvalue weighted by Gasteiger charge is -2.14. The third kappa shape index (κ3) is 2.97. The number of nitrogens with zero attached hydrogens (tertiary/aromatic N) is 1. The molecule has 9 rings (SSSR count). The van der Waals surface area contributed by atoms with Crippen molar-refractivity contribution in [1.82, 2.24) is 4.57 Å². The number of aromatic nitrogens is 1. The van der Waals surface area contributed by atoms with Crippen molar-refractivity contribution in [3.05, 3.63) is 140 Å². The minimum absolute atomic E-state index is 1.18. The van der Waals surface area contributed by atoms with Crippen LogP contribution in [0.3, 0.4) is 0 Å². The Morgan fingerprint density at radius 1 is 0.450 bits per heavy atom. The molecule has 0 N–H and O–H groups in total. The summed E-state index contributed by atoms with van der Waals surface area (Å²) in [5.74, 6) is 0. The molecule has 0 aliphatic heterocycles. The molecular formula is C38H23NS. The summed E-state index contributed by atoms with van der Waals surface area (Å²) in [6, 6.07) is 50.9. The maximum absolute atomic E-state index is 2.50. The first kappa shape index (κ1) is 22.0. The van der Waals surface area contributed by atoms with Gasteiger partial charge in [0.2, 0.25) is 0 Å². The molecule has 0 unspecified atom stereocenters. The summed E-state index contributed by atoms with van der Waals surface area (Å²) in [4.78, 5) is 0. The second kappa shape index (κ2) is 8.29. The average Bonchev–Trinajstić information content (AvgIpc) is 3.58. The number of thiophene rings is 1. The fraction of sp³-hybridized carbons (Fsp3) is 0. The monoisotopic (exact) mass is 525 g/mol. The zero-order valence-electron chi connectivity index (χ0n) is 21.6. The van der Waals surface area contributed by atoms with Crippen molar-refractivity contribution in [2.24, 2.45) is 0 Å². The minimum atomic E-state index is 1.18. The maximum Gasteiger partial charge on any atom is 0.0634 e. The van der Waals surface area contributed by atoms with Crippen LogP contribution >= 0.6 is 11.3 Å². The summed E-state index contributed by atoms with van der Waals surface area (Å²) < 4.78 is 5.20. The van der Waals surface area contributed by atoms with E-state index < -0.39 is 0 Å². The highest BCUT2D eigenvalue weighted by atomic mass is 32.1. The average molecular weight is 526 g/mol. The van der Waals surface area contributed by atoms with E-state index in [1.165, 1.54) is 80.3 Å². The third-order valence-corrected chi connectivity index (χ3v) is 9.53. The van der Waals surface area contributed by atoms with Gasteiger partial charge < -0.3 is 4.57 Å². The molecule has 7 aromatic carbocycles. The summed E-state index contributed by atoms with van der Waals surface area (Å²) in [5, 5.41) is 10.6. The molecule has 0 saturated heterocycles. The zero-order chi connectivity index (χ0) is 26.2. The number of rotatable bonds is 2. The van der Waals surface area contributed by atoms with Crippen LogP contribution in [0, 0.1) is 0 Å². The molecule has 1 nitrogen and oxygen atoms in total. The van der Waals surface area contributed by atoms with Crippen molar-refractivity contribution in [1.29, 1.82) is 0 Å². The summed E-state index contributed by atoms with van der Waals surface area (Å²) >= 11 is 1.92. The van der Waals surface area contributed by atoms with Gasteiger partial charge >= 0.3 is 0 Å². The molecule has 0 bridgehead atoms. The molecular weight excluding hydrogens is 502 g/mol. The SMILES string of the molecule is c1ccc(-c2cccc(-n3c4ccccc4c4c5sc6ccccc6c5c5c6ccccc6ccc5c43)c2)cc1. The van der Waals surface area contributed by atoms with E-state index in [4.69, 9.17) is 0 Å². The smallest absolute Gasteiger partial charge is 0.0634 e. The number of benzene rings is 7. The molecule has 2 heteroatoms. The van der Waals surface area contributed by atoms with Crippen LogP contribution in [0.1, 0.15) is 0 Å². The summed E-state index contributed by atoms with van der Waals surface area (Å²) in [5.41, 5.74) is 6.16. The van der Waals surface area contributed by atoms with Crippen LogP contribution in [0.5, 0.6) is 0 Å². The van der Waals surface area contributed by atoms with E-state index in [0.717, 1.165) is 0 Å². The first-order chi connectivity index (χ1) is 19.9. The molecule has 0 saturated carbocycles. The molecule has 0 amide bonds. The Hall–Kier alpha value is -4.92. The van der Waals surface area contributed by atoms with Crippen molar-refractivity contribution in [3.63, 3.8) is 0 Å². The van der Waals surface area contributed by atoms with Crippen molar-refractivity contribution >= 4 is 74.9 Å². The van der Waals surface area contributed by atoms with Gasteiger partial charge in [0, 0.05) is 47.4 Å². The molecule has 9 aromatic rings. The van der Waals surface area contributed by atoms with Crippen molar-refractivity contribution < 1.29 is 0 Å². The van der Waals surface area contributed by atoms with E-state index >= 15 is 0 Å². The first-order valence-corrected chi connectivity index (χ1v) is 14.5. The molecule has 0 radical (unpaired) electrons. The highest BCUT2D eigenvalue weighted by molar-refractivity contribution is 7.27. The van der Waals surface area contributed by atoms with Gasteiger partial charge in [0.15, 0.2) is 0 Å². The molecule has 0 fully saturated rings. The Labute approximate surface area is 235 Å². The lowest BCUT2D eigenvalue weighted by atomic mass is 9.95. The molecule has 0 aliphatic carbocycles. The quantitative estimate of drug-likeness (QED) is 0.198. The Morgan fingerprint density at radius 2 is 1.18 bits per heavy atom. The molecule has 0 aliphatic rings. The molecule has 186 valence electrons. The lowest BCUT2D eigenvalue weighted by molar-refractivity contribution is 1.19. The van der Waals surface area contributed by atoms with Crippen molar-refractivity contribution in [3.8, 4) is 16.8 Å². The largest absolute Gasteiger partial charge is 0.309 e. The second-order valence-electron chi connectivity index (χ2n) is 10.5. The Kier molecular flexibility index (Phi) is 4.55. The van der Waals surface area contributed by atoms with Crippen molar-refractivity contribution in [2.75, 3.05) is 0 Å². The highest BCUT2D eigenvalue weighted by Crippen LogP contribution is 2.49. The Bertz CT molecular complexity index is 2420. The molecule has 0 atom stereocenters. The third-order valence-electron chi connectivity index (χ3n) is 8.34. The Balaban J connectivity index is 1.55. The lowest BCUT2D eigenvalue weighted by Crippen LogP contribution is -1.95. The van der Waals surface area contributed by atoms with Gasteiger partial charge in [-0.3, -0.25) is 0 Å². The number of fused-ring (bicyclic) bond motifs is 12. The predicted molar refractivity (Wildman–Crippen MR) is 174 cm³/mol. The predicted octanol–water partition coefficient (Wildman–Crippen LogP) is 11.1.